The number of aromatic nitrogens is 2. The second-order valence-corrected chi connectivity index (χ2v) is 7.11. The first-order valence-corrected chi connectivity index (χ1v) is 9.43. The molecule has 0 aliphatic heterocycles. The van der Waals surface area contributed by atoms with E-state index >= 15 is 0 Å². The molecule has 8 nitrogen and oxygen atoms in total. The highest BCUT2D eigenvalue weighted by molar-refractivity contribution is 7.17. The average molecular weight is 440 g/mol. The number of hydrogen-bond acceptors (Lipinski definition) is 5. The summed E-state index contributed by atoms with van der Waals surface area (Å²) in [4.78, 5) is 50.6. The van der Waals surface area contributed by atoms with Crippen LogP contribution in [-0.2, 0) is 28.9 Å². The van der Waals surface area contributed by atoms with E-state index in [0.29, 0.717) is 10.1 Å². The van der Waals surface area contributed by atoms with Gasteiger partial charge in [0.15, 0.2) is 0 Å². The normalized spacial score (nSPS) is 11.4. The van der Waals surface area contributed by atoms with Crippen molar-refractivity contribution in [3.05, 3.63) is 67.7 Å². The average Bonchev–Trinajstić information content (AvgIpc) is 3.16. The summed E-state index contributed by atoms with van der Waals surface area (Å²) in [5.41, 5.74) is -2.02. The zero-order valence-electron chi connectivity index (χ0n) is 15.2. The predicted octanol–water partition coefficient (Wildman–Crippen LogP) is 1.20. The number of benzene rings is 1. The van der Waals surface area contributed by atoms with Crippen molar-refractivity contribution in [2.45, 2.75) is 19.3 Å². The van der Waals surface area contributed by atoms with E-state index in [4.69, 9.17) is 0 Å². The van der Waals surface area contributed by atoms with Crippen LogP contribution < -0.4 is 21.9 Å². The van der Waals surface area contributed by atoms with Crippen molar-refractivity contribution in [1.29, 1.82) is 0 Å². The molecule has 3 N–H and O–H groups in total. The number of fused-ring (bicyclic) bond motifs is 1. The summed E-state index contributed by atoms with van der Waals surface area (Å²) >= 11 is 1.11. The largest absolute Gasteiger partial charge is 0.416 e. The Balaban J connectivity index is 1.57. The number of H-pyrrole nitrogens is 1. The summed E-state index contributed by atoms with van der Waals surface area (Å²) in [6.45, 7) is -1.51. The first kappa shape index (κ1) is 21.3. The lowest BCUT2D eigenvalue weighted by atomic mass is 10.1. The van der Waals surface area contributed by atoms with Crippen LogP contribution in [0.15, 0.2) is 45.3 Å². The SMILES string of the molecule is O=C(CNC(=O)Cn1c(=O)[nH]c2ccsc2c1=O)NCc1ccccc1C(F)(F)F. The number of aromatic amines is 1. The molecule has 0 aliphatic rings. The molecule has 2 heterocycles. The molecular weight excluding hydrogens is 425 g/mol. The van der Waals surface area contributed by atoms with Gasteiger partial charge in [0.1, 0.15) is 11.2 Å². The van der Waals surface area contributed by atoms with Crippen LogP contribution in [0.2, 0.25) is 0 Å². The maximum absolute atomic E-state index is 13.0. The summed E-state index contributed by atoms with van der Waals surface area (Å²) in [5.74, 6) is -1.50. The van der Waals surface area contributed by atoms with Gasteiger partial charge in [-0.15, -0.1) is 11.3 Å². The van der Waals surface area contributed by atoms with Crippen molar-refractivity contribution in [3.8, 4) is 0 Å². The van der Waals surface area contributed by atoms with Crippen LogP contribution >= 0.6 is 11.3 Å². The van der Waals surface area contributed by atoms with Gasteiger partial charge in [-0.25, -0.2) is 9.36 Å². The number of carbonyl (C=O) groups excluding carboxylic acids is 2. The first-order chi connectivity index (χ1) is 14.2. The molecule has 12 heteroatoms. The maximum atomic E-state index is 13.0. The van der Waals surface area contributed by atoms with Gasteiger partial charge in [0.25, 0.3) is 5.56 Å². The Bertz CT molecular complexity index is 1210. The smallest absolute Gasteiger partial charge is 0.350 e. The monoisotopic (exact) mass is 440 g/mol. The number of nitrogens with one attached hydrogen (secondary N) is 3. The molecule has 3 rings (SSSR count). The predicted molar refractivity (Wildman–Crippen MR) is 103 cm³/mol. The number of amides is 2. The highest BCUT2D eigenvalue weighted by Crippen LogP contribution is 2.31. The van der Waals surface area contributed by atoms with Crippen molar-refractivity contribution in [2.24, 2.45) is 0 Å². The second-order valence-electron chi connectivity index (χ2n) is 6.19. The molecule has 2 aromatic heterocycles. The highest BCUT2D eigenvalue weighted by Gasteiger charge is 2.32. The van der Waals surface area contributed by atoms with Crippen LogP contribution in [0.4, 0.5) is 13.2 Å². The Kier molecular flexibility index (Phi) is 6.06. The third kappa shape index (κ3) is 4.76. The van der Waals surface area contributed by atoms with Crippen LogP contribution in [0, 0.1) is 0 Å². The molecule has 2 amide bonds. The molecule has 0 aliphatic carbocycles. The zero-order valence-corrected chi connectivity index (χ0v) is 16.0. The molecule has 0 bridgehead atoms. The highest BCUT2D eigenvalue weighted by atomic mass is 32.1. The molecular formula is C18H15F3N4O4S. The van der Waals surface area contributed by atoms with Crippen molar-refractivity contribution in [1.82, 2.24) is 20.2 Å². The summed E-state index contributed by atoms with van der Waals surface area (Å²) in [7, 11) is 0. The second kappa shape index (κ2) is 8.53. The van der Waals surface area contributed by atoms with Crippen molar-refractivity contribution >= 4 is 33.4 Å². The van der Waals surface area contributed by atoms with Gasteiger partial charge in [0, 0.05) is 6.54 Å². The van der Waals surface area contributed by atoms with Crippen LogP contribution in [-0.4, -0.2) is 27.9 Å². The van der Waals surface area contributed by atoms with Crippen molar-refractivity contribution in [2.75, 3.05) is 6.54 Å². The van der Waals surface area contributed by atoms with E-state index in [0.717, 1.165) is 17.4 Å². The maximum Gasteiger partial charge on any atom is 0.416 e. The third-order valence-corrected chi connectivity index (χ3v) is 5.04. The standard InChI is InChI=1S/C18H15F3N4O4S/c19-18(20,21)11-4-2-1-3-10(11)7-22-13(26)8-23-14(27)9-25-16(28)15-12(5-6-30-15)24-17(25)29/h1-6H,7-9H2,(H,22,26)(H,23,27)(H,24,29). The summed E-state index contributed by atoms with van der Waals surface area (Å²) in [6, 6.07) is 6.36. The van der Waals surface area contributed by atoms with Crippen LogP contribution in [0.5, 0.6) is 0 Å². The molecule has 1 aromatic carbocycles. The molecule has 0 fully saturated rings. The minimum absolute atomic E-state index is 0.119. The van der Waals surface area contributed by atoms with Crippen LogP contribution in [0.25, 0.3) is 10.2 Å². The number of alkyl halides is 3. The van der Waals surface area contributed by atoms with E-state index in [1.54, 1.807) is 11.4 Å². The Morgan fingerprint density at radius 3 is 2.53 bits per heavy atom. The molecule has 0 spiro atoms. The van der Waals surface area contributed by atoms with Gasteiger partial charge in [-0.2, -0.15) is 13.2 Å². The summed E-state index contributed by atoms with van der Waals surface area (Å²) < 4.78 is 39.8. The third-order valence-electron chi connectivity index (χ3n) is 4.14. The van der Waals surface area contributed by atoms with Gasteiger partial charge in [-0.05, 0) is 23.1 Å². The van der Waals surface area contributed by atoms with Crippen molar-refractivity contribution in [3.63, 3.8) is 0 Å². The fraction of sp³-hybridized carbons (Fsp3) is 0.222. The zero-order chi connectivity index (χ0) is 21.9. The number of rotatable bonds is 6. The van der Waals surface area contributed by atoms with E-state index in [-0.39, 0.29) is 16.8 Å². The lowest BCUT2D eigenvalue weighted by Crippen LogP contribution is -2.43. The number of halogens is 3. The first-order valence-electron chi connectivity index (χ1n) is 8.55. The Morgan fingerprint density at radius 1 is 1.07 bits per heavy atom. The van der Waals surface area contributed by atoms with Crippen molar-refractivity contribution < 1.29 is 22.8 Å². The molecule has 3 aromatic rings. The molecule has 0 radical (unpaired) electrons. The lowest BCUT2D eigenvalue weighted by Gasteiger charge is -2.13. The van der Waals surface area contributed by atoms with Gasteiger partial charge in [-0.1, -0.05) is 18.2 Å². The van der Waals surface area contributed by atoms with E-state index in [1.807, 2.05) is 0 Å². The Hall–Kier alpha value is -3.41. The van der Waals surface area contributed by atoms with Gasteiger partial charge >= 0.3 is 11.9 Å². The van der Waals surface area contributed by atoms with Gasteiger partial charge in [0.2, 0.25) is 11.8 Å². The van der Waals surface area contributed by atoms with E-state index in [9.17, 15) is 32.3 Å². The van der Waals surface area contributed by atoms with E-state index in [2.05, 4.69) is 15.6 Å². The molecule has 0 saturated heterocycles. The van der Waals surface area contributed by atoms with Crippen LogP contribution in [0.1, 0.15) is 11.1 Å². The topological polar surface area (TPSA) is 113 Å². The number of thiophene rings is 1. The molecule has 0 atom stereocenters. The fourth-order valence-electron chi connectivity index (χ4n) is 2.70. The summed E-state index contributed by atoms with van der Waals surface area (Å²) in [5, 5.41) is 6.13. The van der Waals surface area contributed by atoms with Gasteiger partial charge in [-0.3, -0.25) is 14.4 Å². The van der Waals surface area contributed by atoms with Crippen LogP contribution in [0.3, 0.4) is 0 Å². The minimum Gasteiger partial charge on any atom is -0.350 e. The Labute approximate surface area is 170 Å². The quantitative estimate of drug-likeness (QED) is 0.535. The van der Waals surface area contributed by atoms with E-state index < -0.39 is 47.9 Å². The molecule has 158 valence electrons. The summed E-state index contributed by atoms with van der Waals surface area (Å²) in [6.07, 6.45) is -4.56. The van der Waals surface area contributed by atoms with Gasteiger partial charge < -0.3 is 15.6 Å². The fourth-order valence-corrected chi connectivity index (χ4v) is 3.50. The molecule has 0 unspecified atom stereocenters. The van der Waals surface area contributed by atoms with E-state index in [1.165, 1.54) is 18.2 Å². The molecule has 30 heavy (non-hydrogen) atoms. The number of nitrogens with zero attached hydrogens (tertiary/aromatic N) is 1. The lowest BCUT2D eigenvalue weighted by molar-refractivity contribution is -0.138. The minimum atomic E-state index is -4.56. The number of hydrogen-bond donors (Lipinski definition) is 3. The number of carbonyl (C=O) groups is 2. The Morgan fingerprint density at radius 2 is 1.80 bits per heavy atom. The molecule has 0 saturated carbocycles. The van der Waals surface area contributed by atoms with Gasteiger partial charge in [0.05, 0.1) is 17.6 Å².